The van der Waals surface area contributed by atoms with Crippen LogP contribution in [-0.2, 0) is 15.2 Å². The fourth-order valence-corrected chi connectivity index (χ4v) is 4.97. The van der Waals surface area contributed by atoms with Crippen molar-refractivity contribution in [2.24, 2.45) is 5.16 Å². The number of hydrogen-bond acceptors (Lipinski definition) is 3. The molecule has 0 unspecified atom stereocenters. The molecule has 1 saturated carbocycles. The van der Waals surface area contributed by atoms with E-state index in [2.05, 4.69) is 57.5 Å². The van der Waals surface area contributed by atoms with Crippen molar-refractivity contribution in [3.8, 4) is 0 Å². The van der Waals surface area contributed by atoms with Gasteiger partial charge in [0.25, 0.3) is 0 Å². The largest absolute Gasteiger partial charge is 0.375 e. The van der Waals surface area contributed by atoms with Crippen LogP contribution in [0.5, 0.6) is 0 Å². The molecule has 4 rings (SSSR count). The minimum Gasteiger partial charge on any atom is -0.375 e. The van der Waals surface area contributed by atoms with E-state index in [1.807, 2.05) is 54.6 Å². The standard InChI is InChI=1S/C27H28BrNO2/c28-25-18-10-11-19-26(25)30-21-20-29-31-27(22-12-4-1-5-13-22,23-14-6-2-7-15-23)24-16-8-3-9-17-24/h1-9,12-17,20,25-26H,10-11,18-19,21H2/b29-20+/t25-,26-/m1/s1. The molecule has 0 saturated heterocycles. The van der Waals surface area contributed by atoms with E-state index in [-0.39, 0.29) is 6.10 Å². The Balaban J connectivity index is 1.62. The summed E-state index contributed by atoms with van der Waals surface area (Å²) in [6, 6.07) is 30.8. The van der Waals surface area contributed by atoms with Crippen LogP contribution in [0.15, 0.2) is 96.2 Å². The Hall–Kier alpha value is -2.43. The first-order chi connectivity index (χ1) is 15.3. The average molecular weight is 478 g/mol. The molecule has 0 aliphatic heterocycles. The van der Waals surface area contributed by atoms with Gasteiger partial charge in [-0.2, -0.15) is 0 Å². The molecule has 1 fully saturated rings. The molecule has 160 valence electrons. The third-order valence-electron chi connectivity index (χ3n) is 5.81. The lowest BCUT2D eigenvalue weighted by Crippen LogP contribution is -2.31. The molecule has 1 aliphatic carbocycles. The Labute approximate surface area is 193 Å². The molecule has 0 radical (unpaired) electrons. The van der Waals surface area contributed by atoms with Crippen molar-refractivity contribution in [3.63, 3.8) is 0 Å². The Kier molecular flexibility index (Phi) is 7.55. The van der Waals surface area contributed by atoms with Crippen LogP contribution >= 0.6 is 15.9 Å². The van der Waals surface area contributed by atoms with Crippen LogP contribution in [0, 0.1) is 0 Å². The number of rotatable bonds is 8. The third-order valence-corrected chi connectivity index (χ3v) is 6.86. The summed E-state index contributed by atoms with van der Waals surface area (Å²) in [6.45, 7) is 0.432. The quantitative estimate of drug-likeness (QED) is 0.156. The lowest BCUT2D eigenvalue weighted by molar-refractivity contribution is 0.0144. The fraction of sp³-hybridized carbons (Fsp3) is 0.296. The van der Waals surface area contributed by atoms with Gasteiger partial charge in [0, 0.05) is 21.5 Å². The van der Waals surface area contributed by atoms with E-state index in [4.69, 9.17) is 9.57 Å². The highest BCUT2D eigenvalue weighted by Crippen LogP contribution is 2.40. The minimum absolute atomic E-state index is 0.238. The Bertz CT molecular complexity index is 850. The molecule has 0 spiro atoms. The van der Waals surface area contributed by atoms with Crippen molar-refractivity contribution < 1.29 is 9.57 Å². The van der Waals surface area contributed by atoms with Crippen LogP contribution in [0.25, 0.3) is 0 Å². The molecule has 3 aromatic carbocycles. The van der Waals surface area contributed by atoms with Crippen LogP contribution in [0.3, 0.4) is 0 Å². The summed E-state index contributed by atoms with van der Waals surface area (Å²) in [5.74, 6) is 0. The van der Waals surface area contributed by atoms with Gasteiger partial charge in [-0.25, -0.2) is 0 Å². The SMILES string of the molecule is Br[C@@H]1CCCC[C@H]1OC/C=N/OC(c1ccccc1)(c1ccccc1)c1ccccc1. The highest BCUT2D eigenvalue weighted by atomic mass is 79.9. The van der Waals surface area contributed by atoms with Gasteiger partial charge in [-0.05, 0) is 12.8 Å². The first-order valence-electron chi connectivity index (χ1n) is 10.9. The molecule has 1 aliphatic rings. The summed E-state index contributed by atoms with van der Waals surface area (Å²) >= 11 is 3.75. The lowest BCUT2D eigenvalue weighted by atomic mass is 9.80. The zero-order chi connectivity index (χ0) is 21.4. The molecule has 3 aromatic rings. The van der Waals surface area contributed by atoms with E-state index in [0.29, 0.717) is 11.4 Å². The number of benzene rings is 3. The molecule has 3 nitrogen and oxygen atoms in total. The van der Waals surface area contributed by atoms with Gasteiger partial charge >= 0.3 is 0 Å². The molecule has 0 N–H and O–H groups in total. The first kappa shape index (κ1) is 21.8. The Morgan fingerprint density at radius 2 is 1.26 bits per heavy atom. The predicted octanol–water partition coefficient (Wildman–Crippen LogP) is 6.70. The van der Waals surface area contributed by atoms with E-state index in [1.54, 1.807) is 6.21 Å². The summed E-state index contributed by atoms with van der Waals surface area (Å²) in [4.78, 5) is 6.81. The van der Waals surface area contributed by atoms with Gasteiger partial charge in [0.05, 0.1) is 18.9 Å². The highest BCUT2D eigenvalue weighted by Gasteiger charge is 2.39. The van der Waals surface area contributed by atoms with Gasteiger partial charge in [-0.1, -0.05) is 125 Å². The number of nitrogens with zero attached hydrogens (tertiary/aromatic N) is 1. The second kappa shape index (κ2) is 10.7. The van der Waals surface area contributed by atoms with Gasteiger partial charge in [0.15, 0.2) is 0 Å². The van der Waals surface area contributed by atoms with Crippen LogP contribution in [0.1, 0.15) is 42.4 Å². The Morgan fingerprint density at radius 1 is 0.774 bits per heavy atom. The van der Waals surface area contributed by atoms with Gasteiger partial charge in [-0.15, -0.1) is 0 Å². The van der Waals surface area contributed by atoms with Crippen molar-refractivity contribution in [3.05, 3.63) is 108 Å². The van der Waals surface area contributed by atoms with Gasteiger partial charge in [0.1, 0.15) is 0 Å². The van der Waals surface area contributed by atoms with Crippen LogP contribution in [0.4, 0.5) is 0 Å². The number of oxime groups is 1. The van der Waals surface area contributed by atoms with Crippen molar-refractivity contribution in [1.82, 2.24) is 0 Å². The molecule has 0 bridgehead atoms. The molecule has 31 heavy (non-hydrogen) atoms. The molecule has 0 amide bonds. The average Bonchev–Trinajstić information content (AvgIpc) is 2.84. The minimum atomic E-state index is -0.844. The van der Waals surface area contributed by atoms with Crippen molar-refractivity contribution in [2.45, 2.75) is 42.2 Å². The maximum absolute atomic E-state index is 6.38. The van der Waals surface area contributed by atoms with E-state index in [9.17, 15) is 0 Å². The van der Waals surface area contributed by atoms with Crippen molar-refractivity contribution >= 4 is 22.1 Å². The molecule has 0 heterocycles. The summed E-state index contributed by atoms with van der Waals surface area (Å²) in [5, 5.41) is 4.42. The normalized spacial score (nSPS) is 19.4. The van der Waals surface area contributed by atoms with Crippen molar-refractivity contribution in [1.29, 1.82) is 0 Å². The smallest absolute Gasteiger partial charge is 0.212 e. The van der Waals surface area contributed by atoms with E-state index >= 15 is 0 Å². The zero-order valence-electron chi connectivity index (χ0n) is 17.6. The maximum Gasteiger partial charge on any atom is 0.212 e. The molecule has 4 heteroatoms. The summed E-state index contributed by atoms with van der Waals surface area (Å²) in [7, 11) is 0. The van der Waals surface area contributed by atoms with Crippen molar-refractivity contribution in [2.75, 3.05) is 6.61 Å². The zero-order valence-corrected chi connectivity index (χ0v) is 19.2. The topological polar surface area (TPSA) is 30.8 Å². The number of hydrogen-bond donors (Lipinski definition) is 0. The second-order valence-electron chi connectivity index (χ2n) is 7.83. The summed E-state index contributed by atoms with van der Waals surface area (Å²) in [6.07, 6.45) is 6.71. The predicted molar refractivity (Wildman–Crippen MR) is 130 cm³/mol. The molecule has 0 aromatic heterocycles. The monoisotopic (exact) mass is 477 g/mol. The van der Waals surface area contributed by atoms with Gasteiger partial charge in [0.2, 0.25) is 5.60 Å². The third kappa shape index (κ3) is 5.08. The maximum atomic E-state index is 6.38. The first-order valence-corrected chi connectivity index (χ1v) is 11.8. The molecular formula is C27H28BrNO2. The lowest BCUT2D eigenvalue weighted by Gasteiger charge is -2.33. The van der Waals surface area contributed by atoms with E-state index < -0.39 is 5.60 Å². The molecule has 2 atom stereocenters. The number of ether oxygens (including phenoxy) is 1. The number of alkyl halides is 1. The number of halogens is 1. The molecular weight excluding hydrogens is 450 g/mol. The summed E-state index contributed by atoms with van der Waals surface area (Å²) in [5.41, 5.74) is 2.23. The van der Waals surface area contributed by atoms with Crippen LogP contribution < -0.4 is 0 Å². The Morgan fingerprint density at radius 3 is 1.74 bits per heavy atom. The van der Waals surface area contributed by atoms with E-state index in [0.717, 1.165) is 29.5 Å². The van der Waals surface area contributed by atoms with Gasteiger partial charge in [-0.3, -0.25) is 0 Å². The van der Waals surface area contributed by atoms with Crippen LogP contribution in [-0.4, -0.2) is 23.8 Å². The van der Waals surface area contributed by atoms with Crippen LogP contribution in [0.2, 0.25) is 0 Å². The second-order valence-corrected chi connectivity index (χ2v) is 9.01. The summed E-state index contributed by atoms with van der Waals surface area (Å²) < 4.78 is 6.05. The highest BCUT2D eigenvalue weighted by molar-refractivity contribution is 9.09. The van der Waals surface area contributed by atoms with Gasteiger partial charge < -0.3 is 9.57 Å². The fourth-order valence-electron chi connectivity index (χ4n) is 4.23. The van der Waals surface area contributed by atoms with E-state index in [1.165, 1.54) is 12.8 Å².